The van der Waals surface area contributed by atoms with Gasteiger partial charge in [0.25, 0.3) is 0 Å². The van der Waals surface area contributed by atoms with Crippen LogP contribution in [0.3, 0.4) is 0 Å². The van der Waals surface area contributed by atoms with E-state index in [9.17, 15) is 8.42 Å². The van der Waals surface area contributed by atoms with E-state index in [1.165, 1.54) is 6.42 Å². The highest BCUT2D eigenvalue weighted by Crippen LogP contribution is 2.30. The van der Waals surface area contributed by atoms with Gasteiger partial charge in [0.15, 0.2) is 0 Å². The Kier molecular flexibility index (Phi) is 4.63. The summed E-state index contributed by atoms with van der Waals surface area (Å²) in [5, 5.41) is 0. The Morgan fingerprint density at radius 2 is 1.76 bits per heavy atom. The molecule has 1 saturated carbocycles. The van der Waals surface area contributed by atoms with Crippen LogP contribution in [0.5, 0.6) is 0 Å². The first-order valence-corrected chi connectivity index (χ1v) is 9.11. The van der Waals surface area contributed by atoms with Crippen molar-refractivity contribution >= 4 is 15.7 Å². The maximum Gasteiger partial charge on any atom is 0.241 e. The number of nitrogens with two attached hydrogens (primary N) is 1. The van der Waals surface area contributed by atoms with Crippen molar-refractivity contribution in [2.75, 3.05) is 5.73 Å². The third-order valence-corrected chi connectivity index (χ3v) is 6.53. The van der Waals surface area contributed by atoms with Crippen LogP contribution < -0.4 is 10.5 Å². The number of anilines is 1. The second-order valence-electron chi connectivity index (χ2n) is 6.35. The summed E-state index contributed by atoms with van der Waals surface area (Å²) in [6.45, 7) is 7.64. The van der Waals surface area contributed by atoms with Crippen LogP contribution in [0.25, 0.3) is 0 Å². The molecule has 0 spiro atoms. The molecule has 2 unspecified atom stereocenters. The Labute approximate surface area is 128 Å². The molecule has 0 heterocycles. The second-order valence-corrected chi connectivity index (χ2v) is 8.00. The van der Waals surface area contributed by atoms with Gasteiger partial charge in [0.05, 0.1) is 4.90 Å². The van der Waals surface area contributed by atoms with Gasteiger partial charge in [0.1, 0.15) is 0 Å². The smallest absolute Gasteiger partial charge is 0.241 e. The number of sulfonamides is 1. The first-order chi connectivity index (χ1) is 9.74. The lowest BCUT2D eigenvalue weighted by Crippen LogP contribution is -2.41. The Morgan fingerprint density at radius 3 is 2.38 bits per heavy atom. The Hall–Kier alpha value is -1.07. The number of nitrogens with one attached hydrogen (secondary N) is 1. The molecule has 0 radical (unpaired) electrons. The van der Waals surface area contributed by atoms with Crippen molar-refractivity contribution in [3.63, 3.8) is 0 Å². The molecule has 0 aromatic heterocycles. The van der Waals surface area contributed by atoms with Crippen molar-refractivity contribution in [3.8, 4) is 0 Å². The van der Waals surface area contributed by atoms with E-state index in [4.69, 9.17) is 5.73 Å². The van der Waals surface area contributed by atoms with Gasteiger partial charge < -0.3 is 5.73 Å². The number of rotatable bonds is 3. The first kappa shape index (κ1) is 16.3. The second kappa shape index (κ2) is 5.97. The van der Waals surface area contributed by atoms with Crippen LogP contribution in [0.1, 0.15) is 49.3 Å². The molecule has 0 aliphatic heterocycles. The van der Waals surface area contributed by atoms with Crippen LogP contribution in [0.15, 0.2) is 11.0 Å². The van der Waals surface area contributed by atoms with E-state index in [-0.39, 0.29) is 6.04 Å². The molecule has 118 valence electrons. The van der Waals surface area contributed by atoms with Gasteiger partial charge >= 0.3 is 0 Å². The maximum absolute atomic E-state index is 12.8. The molecular formula is C16H26N2O2S. The summed E-state index contributed by atoms with van der Waals surface area (Å²) in [5.41, 5.74) is 8.84. The molecule has 3 N–H and O–H groups in total. The largest absolute Gasteiger partial charge is 0.398 e. The SMILES string of the molecule is Cc1cc(N)c(C)c(S(=O)(=O)NC2CCCCC2C)c1C. The zero-order valence-electron chi connectivity index (χ0n) is 13.4. The fraction of sp³-hybridized carbons (Fsp3) is 0.625. The molecule has 1 aromatic rings. The topological polar surface area (TPSA) is 72.2 Å². The minimum atomic E-state index is -3.53. The van der Waals surface area contributed by atoms with Gasteiger partial charge in [0, 0.05) is 11.7 Å². The third-order valence-electron chi connectivity index (χ3n) is 4.76. The zero-order chi connectivity index (χ0) is 15.8. The molecule has 2 rings (SSSR count). The summed E-state index contributed by atoms with van der Waals surface area (Å²) in [6, 6.07) is 1.87. The molecule has 1 aliphatic rings. The van der Waals surface area contributed by atoms with Crippen LogP contribution in [-0.4, -0.2) is 14.5 Å². The highest BCUT2D eigenvalue weighted by atomic mass is 32.2. The summed E-state index contributed by atoms with van der Waals surface area (Å²) >= 11 is 0. The van der Waals surface area contributed by atoms with Crippen molar-refractivity contribution in [2.45, 2.75) is 64.3 Å². The minimum absolute atomic E-state index is 0.0317. The number of hydrogen-bond acceptors (Lipinski definition) is 3. The van der Waals surface area contributed by atoms with Gasteiger partial charge in [-0.2, -0.15) is 0 Å². The van der Waals surface area contributed by atoms with Crippen molar-refractivity contribution in [1.82, 2.24) is 4.72 Å². The molecule has 0 bridgehead atoms. The normalized spacial score (nSPS) is 23.2. The molecule has 0 amide bonds. The van der Waals surface area contributed by atoms with Crippen LogP contribution in [-0.2, 0) is 10.0 Å². The van der Waals surface area contributed by atoms with Gasteiger partial charge in [-0.3, -0.25) is 0 Å². The molecule has 1 aliphatic carbocycles. The number of benzene rings is 1. The average molecular weight is 310 g/mol. The highest BCUT2D eigenvalue weighted by molar-refractivity contribution is 7.89. The summed E-state index contributed by atoms with van der Waals surface area (Å²) in [4.78, 5) is 0.359. The van der Waals surface area contributed by atoms with E-state index in [1.807, 2.05) is 19.9 Å². The summed E-state index contributed by atoms with van der Waals surface area (Å²) in [7, 11) is -3.53. The van der Waals surface area contributed by atoms with Gasteiger partial charge in [-0.15, -0.1) is 0 Å². The molecule has 21 heavy (non-hydrogen) atoms. The Bertz CT molecular complexity index is 612. The lowest BCUT2D eigenvalue weighted by atomic mass is 9.87. The highest BCUT2D eigenvalue weighted by Gasteiger charge is 2.29. The van der Waals surface area contributed by atoms with Gasteiger partial charge in [-0.1, -0.05) is 19.8 Å². The monoisotopic (exact) mass is 310 g/mol. The van der Waals surface area contributed by atoms with Crippen LogP contribution in [0.2, 0.25) is 0 Å². The molecule has 5 heteroatoms. The Morgan fingerprint density at radius 1 is 1.14 bits per heavy atom. The van der Waals surface area contributed by atoms with E-state index < -0.39 is 10.0 Å². The molecule has 4 nitrogen and oxygen atoms in total. The van der Waals surface area contributed by atoms with Crippen LogP contribution >= 0.6 is 0 Å². The van der Waals surface area contributed by atoms with Crippen molar-refractivity contribution in [3.05, 3.63) is 22.8 Å². The van der Waals surface area contributed by atoms with E-state index in [0.717, 1.165) is 30.4 Å². The molecule has 2 atom stereocenters. The lowest BCUT2D eigenvalue weighted by molar-refractivity contribution is 0.310. The lowest BCUT2D eigenvalue weighted by Gasteiger charge is -2.30. The van der Waals surface area contributed by atoms with E-state index in [2.05, 4.69) is 11.6 Å². The number of hydrogen-bond donors (Lipinski definition) is 2. The van der Waals surface area contributed by atoms with Crippen molar-refractivity contribution in [1.29, 1.82) is 0 Å². The number of aryl methyl sites for hydroxylation is 1. The summed E-state index contributed by atoms with van der Waals surface area (Å²) in [6.07, 6.45) is 4.28. The summed E-state index contributed by atoms with van der Waals surface area (Å²) < 4.78 is 28.6. The zero-order valence-corrected chi connectivity index (χ0v) is 14.2. The maximum atomic E-state index is 12.8. The molecular weight excluding hydrogens is 284 g/mol. The Balaban J connectivity index is 2.40. The summed E-state index contributed by atoms with van der Waals surface area (Å²) in [5.74, 6) is 0.385. The molecule has 0 saturated heterocycles. The molecule has 1 fully saturated rings. The van der Waals surface area contributed by atoms with Gasteiger partial charge in [-0.05, 0) is 62.3 Å². The van der Waals surface area contributed by atoms with Gasteiger partial charge in [0.2, 0.25) is 10.0 Å². The molecule has 1 aromatic carbocycles. The first-order valence-electron chi connectivity index (χ1n) is 7.62. The minimum Gasteiger partial charge on any atom is -0.398 e. The standard InChI is InChI=1S/C16H26N2O2S/c1-10-7-5-6-8-15(10)18-21(19,20)16-12(3)11(2)9-14(17)13(16)4/h9-10,15,18H,5-8,17H2,1-4H3. The predicted molar refractivity (Wildman–Crippen MR) is 86.8 cm³/mol. The average Bonchev–Trinajstić information content (AvgIpc) is 2.39. The van der Waals surface area contributed by atoms with Gasteiger partial charge in [-0.25, -0.2) is 13.1 Å². The van der Waals surface area contributed by atoms with E-state index in [0.29, 0.717) is 22.1 Å². The third kappa shape index (κ3) is 3.24. The fourth-order valence-electron chi connectivity index (χ4n) is 3.19. The van der Waals surface area contributed by atoms with E-state index >= 15 is 0 Å². The number of nitrogen functional groups attached to an aromatic ring is 1. The van der Waals surface area contributed by atoms with E-state index in [1.54, 1.807) is 6.92 Å². The van der Waals surface area contributed by atoms with Crippen molar-refractivity contribution < 1.29 is 8.42 Å². The fourth-order valence-corrected chi connectivity index (χ4v) is 5.15. The predicted octanol–water partition coefficient (Wildman–Crippen LogP) is 3.05. The van der Waals surface area contributed by atoms with Crippen LogP contribution in [0.4, 0.5) is 5.69 Å². The van der Waals surface area contributed by atoms with Crippen LogP contribution in [0, 0.1) is 26.7 Å². The quantitative estimate of drug-likeness (QED) is 0.843. The van der Waals surface area contributed by atoms with Crippen molar-refractivity contribution in [2.24, 2.45) is 5.92 Å².